The molecule has 0 saturated heterocycles. The molecular weight excluding hydrogens is 266 g/mol. The largest absolute Gasteiger partial charge is 0.478 e. The highest BCUT2D eigenvalue weighted by Gasteiger charge is 2.15. The van der Waals surface area contributed by atoms with Gasteiger partial charge in [0.1, 0.15) is 0 Å². The Balaban J connectivity index is 2.46. The van der Waals surface area contributed by atoms with Gasteiger partial charge in [-0.1, -0.05) is 35.9 Å². The van der Waals surface area contributed by atoms with E-state index in [2.05, 4.69) is 5.32 Å². The van der Waals surface area contributed by atoms with Crippen LogP contribution in [0.15, 0.2) is 48.0 Å². The number of carboxylic acids is 1. The molecule has 0 unspecified atom stereocenters. The van der Waals surface area contributed by atoms with Crippen LogP contribution in [0.25, 0.3) is 10.8 Å². The van der Waals surface area contributed by atoms with E-state index in [1.165, 1.54) is 6.07 Å². The highest BCUT2D eigenvalue weighted by molar-refractivity contribution is 6.14. The quantitative estimate of drug-likeness (QED) is 0.846. The molecule has 0 radical (unpaired) electrons. The third kappa shape index (κ3) is 3.28. The van der Waals surface area contributed by atoms with E-state index < -0.39 is 5.97 Å². The minimum Gasteiger partial charge on any atom is -0.478 e. The number of hydrogen-bond acceptors (Lipinski definition) is 2. The molecule has 0 heterocycles. The van der Waals surface area contributed by atoms with Gasteiger partial charge in [0, 0.05) is 17.5 Å². The molecule has 0 atom stereocenters. The molecule has 2 aromatic carbocycles. The van der Waals surface area contributed by atoms with Gasteiger partial charge in [-0.3, -0.25) is 4.79 Å². The van der Waals surface area contributed by atoms with Crippen molar-refractivity contribution < 1.29 is 14.7 Å². The van der Waals surface area contributed by atoms with Crippen LogP contribution < -0.4 is 5.32 Å². The van der Waals surface area contributed by atoms with E-state index in [9.17, 15) is 14.7 Å². The van der Waals surface area contributed by atoms with Crippen molar-refractivity contribution in [2.45, 2.75) is 13.8 Å². The molecule has 108 valence electrons. The van der Waals surface area contributed by atoms with Crippen LogP contribution in [0.4, 0.5) is 0 Å². The first kappa shape index (κ1) is 14.8. The topological polar surface area (TPSA) is 66.4 Å². The van der Waals surface area contributed by atoms with Crippen molar-refractivity contribution in [3.8, 4) is 0 Å². The van der Waals surface area contributed by atoms with Gasteiger partial charge in [0.15, 0.2) is 0 Å². The van der Waals surface area contributed by atoms with E-state index >= 15 is 0 Å². The summed E-state index contributed by atoms with van der Waals surface area (Å²) in [5, 5.41) is 13.3. The van der Waals surface area contributed by atoms with Gasteiger partial charge in [-0.2, -0.15) is 0 Å². The Morgan fingerprint density at radius 1 is 1.10 bits per heavy atom. The van der Waals surface area contributed by atoms with Gasteiger partial charge in [-0.05, 0) is 31.4 Å². The van der Waals surface area contributed by atoms with E-state index in [1.807, 2.05) is 19.9 Å². The highest BCUT2D eigenvalue weighted by Crippen LogP contribution is 2.23. The summed E-state index contributed by atoms with van der Waals surface area (Å²) in [6.07, 6.45) is 1.90. The fourth-order valence-electron chi connectivity index (χ4n) is 2.15. The maximum absolute atomic E-state index is 12.3. The Labute approximate surface area is 123 Å². The minimum absolute atomic E-state index is 0.139. The lowest BCUT2D eigenvalue weighted by Gasteiger charge is -2.09. The summed E-state index contributed by atoms with van der Waals surface area (Å²) in [7, 11) is 0. The average Bonchev–Trinajstić information content (AvgIpc) is 2.45. The first-order chi connectivity index (χ1) is 10.0. The van der Waals surface area contributed by atoms with Gasteiger partial charge in [-0.15, -0.1) is 0 Å². The van der Waals surface area contributed by atoms with Crippen molar-refractivity contribution in [3.63, 3.8) is 0 Å². The van der Waals surface area contributed by atoms with E-state index in [0.29, 0.717) is 17.5 Å². The van der Waals surface area contributed by atoms with Gasteiger partial charge in [0.05, 0.1) is 5.56 Å². The lowest BCUT2D eigenvalue weighted by Crippen LogP contribution is -2.24. The summed E-state index contributed by atoms with van der Waals surface area (Å²) in [5.74, 6) is -1.31. The Kier molecular flexibility index (Phi) is 4.38. The Bertz CT molecular complexity index is 723. The van der Waals surface area contributed by atoms with Crippen LogP contribution in [0.5, 0.6) is 0 Å². The van der Waals surface area contributed by atoms with Crippen molar-refractivity contribution >= 4 is 22.6 Å². The molecule has 0 aromatic heterocycles. The number of carbonyl (C=O) groups is 2. The molecule has 0 spiro atoms. The molecular formula is C17H17NO3. The van der Waals surface area contributed by atoms with Crippen LogP contribution in [0.3, 0.4) is 0 Å². The molecule has 21 heavy (non-hydrogen) atoms. The summed E-state index contributed by atoms with van der Waals surface area (Å²) in [6.45, 7) is 4.33. The predicted molar refractivity (Wildman–Crippen MR) is 82.7 cm³/mol. The average molecular weight is 283 g/mol. The lowest BCUT2D eigenvalue weighted by atomic mass is 9.98. The van der Waals surface area contributed by atoms with E-state index in [4.69, 9.17) is 0 Å². The number of aromatic carboxylic acids is 1. The van der Waals surface area contributed by atoms with Crippen molar-refractivity contribution in [3.05, 3.63) is 59.2 Å². The fourth-order valence-corrected chi connectivity index (χ4v) is 2.15. The standard InChI is InChI=1S/C17H17NO3/c1-11(2)9-10-18-16(19)13-7-3-5-12-6-4-8-14(15(12)13)17(20)21/h3-9H,10H2,1-2H3,(H,18,19)(H,20,21). The summed E-state index contributed by atoms with van der Waals surface area (Å²) in [6, 6.07) is 10.2. The Hall–Kier alpha value is -2.62. The van der Waals surface area contributed by atoms with Gasteiger partial charge in [0.2, 0.25) is 0 Å². The van der Waals surface area contributed by atoms with Crippen LogP contribution in [-0.4, -0.2) is 23.5 Å². The van der Waals surface area contributed by atoms with Gasteiger partial charge >= 0.3 is 5.97 Å². The number of hydrogen-bond donors (Lipinski definition) is 2. The van der Waals surface area contributed by atoms with Crippen LogP contribution in [-0.2, 0) is 0 Å². The summed E-state index contributed by atoms with van der Waals surface area (Å²) in [4.78, 5) is 23.6. The number of carbonyl (C=O) groups excluding carboxylic acids is 1. The molecule has 2 aromatic rings. The van der Waals surface area contributed by atoms with Crippen LogP contribution >= 0.6 is 0 Å². The van der Waals surface area contributed by atoms with Crippen molar-refractivity contribution in [1.82, 2.24) is 5.32 Å². The third-order valence-corrected chi connectivity index (χ3v) is 3.15. The maximum Gasteiger partial charge on any atom is 0.336 e. The monoisotopic (exact) mass is 283 g/mol. The second-order valence-corrected chi connectivity index (χ2v) is 5.01. The number of carboxylic acid groups (broad SMARTS) is 1. The molecule has 0 saturated carbocycles. The Morgan fingerprint density at radius 3 is 2.29 bits per heavy atom. The lowest BCUT2D eigenvalue weighted by molar-refractivity contribution is 0.0699. The summed E-state index contributed by atoms with van der Waals surface area (Å²) >= 11 is 0. The van der Waals surface area contributed by atoms with Crippen LogP contribution in [0.1, 0.15) is 34.6 Å². The number of allylic oxidation sites excluding steroid dienone is 1. The molecule has 0 bridgehead atoms. The van der Waals surface area contributed by atoms with Crippen LogP contribution in [0, 0.1) is 0 Å². The van der Waals surface area contributed by atoms with Crippen molar-refractivity contribution in [1.29, 1.82) is 0 Å². The second-order valence-electron chi connectivity index (χ2n) is 5.01. The predicted octanol–water partition coefficient (Wildman–Crippen LogP) is 3.23. The number of amides is 1. The number of rotatable bonds is 4. The highest BCUT2D eigenvalue weighted by atomic mass is 16.4. The molecule has 4 nitrogen and oxygen atoms in total. The fraction of sp³-hybridized carbons (Fsp3) is 0.176. The smallest absolute Gasteiger partial charge is 0.336 e. The summed E-state index contributed by atoms with van der Waals surface area (Å²) in [5.41, 5.74) is 1.63. The van der Waals surface area contributed by atoms with E-state index in [1.54, 1.807) is 30.3 Å². The zero-order chi connectivity index (χ0) is 15.4. The minimum atomic E-state index is -1.04. The van der Waals surface area contributed by atoms with E-state index in [0.717, 1.165) is 11.0 Å². The molecule has 0 aliphatic carbocycles. The van der Waals surface area contributed by atoms with Crippen LogP contribution in [0.2, 0.25) is 0 Å². The maximum atomic E-state index is 12.3. The number of fused-ring (bicyclic) bond motifs is 1. The molecule has 1 amide bonds. The molecule has 0 aliphatic heterocycles. The second kappa shape index (κ2) is 6.22. The zero-order valence-electron chi connectivity index (χ0n) is 12.0. The molecule has 0 aliphatic rings. The number of benzene rings is 2. The molecule has 0 fully saturated rings. The van der Waals surface area contributed by atoms with Gasteiger partial charge in [0.25, 0.3) is 5.91 Å². The third-order valence-electron chi connectivity index (χ3n) is 3.15. The Morgan fingerprint density at radius 2 is 1.71 bits per heavy atom. The van der Waals surface area contributed by atoms with E-state index in [-0.39, 0.29) is 11.5 Å². The zero-order valence-corrected chi connectivity index (χ0v) is 12.0. The first-order valence-electron chi connectivity index (χ1n) is 6.67. The SMILES string of the molecule is CC(C)=CCNC(=O)c1cccc2cccc(C(=O)O)c12. The molecule has 2 N–H and O–H groups in total. The first-order valence-corrected chi connectivity index (χ1v) is 6.67. The van der Waals surface area contributed by atoms with Gasteiger partial charge < -0.3 is 10.4 Å². The normalized spacial score (nSPS) is 10.2. The molecule has 4 heteroatoms. The summed E-state index contributed by atoms with van der Waals surface area (Å²) < 4.78 is 0. The van der Waals surface area contributed by atoms with Crippen molar-refractivity contribution in [2.24, 2.45) is 0 Å². The van der Waals surface area contributed by atoms with Gasteiger partial charge in [-0.25, -0.2) is 4.79 Å². The molecule has 2 rings (SSSR count). The number of nitrogens with one attached hydrogen (secondary N) is 1. The van der Waals surface area contributed by atoms with Crippen molar-refractivity contribution in [2.75, 3.05) is 6.54 Å².